The second kappa shape index (κ2) is 9.90. The number of H-pyrrole nitrogens is 1. The molecule has 1 aromatic carbocycles. The third kappa shape index (κ3) is 5.02. The van der Waals surface area contributed by atoms with Gasteiger partial charge in [-0.2, -0.15) is 0 Å². The van der Waals surface area contributed by atoms with Crippen LogP contribution < -0.4 is 10.9 Å². The van der Waals surface area contributed by atoms with Crippen molar-refractivity contribution >= 4 is 5.52 Å². The van der Waals surface area contributed by atoms with Crippen molar-refractivity contribution in [1.82, 2.24) is 24.7 Å². The van der Waals surface area contributed by atoms with Crippen molar-refractivity contribution in [2.75, 3.05) is 19.8 Å². The lowest BCUT2D eigenvalue weighted by Gasteiger charge is -2.18. The molecule has 0 aliphatic carbocycles. The molecule has 3 N–H and O–H groups in total. The fourth-order valence-corrected chi connectivity index (χ4v) is 3.44. The van der Waals surface area contributed by atoms with Crippen molar-refractivity contribution in [1.29, 1.82) is 0 Å². The second-order valence-corrected chi connectivity index (χ2v) is 7.33. The predicted molar refractivity (Wildman–Crippen MR) is 119 cm³/mol. The monoisotopic (exact) mass is 431 g/mol. The summed E-state index contributed by atoms with van der Waals surface area (Å²) in [4.78, 5) is 22.2. The molecule has 3 heterocycles. The first kappa shape index (κ1) is 21.3. The van der Waals surface area contributed by atoms with Gasteiger partial charge in [-0.15, -0.1) is 0 Å². The zero-order valence-corrected chi connectivity index (χ0v) is 17.3. The van der Waals surface area contributed by atoms with E-state index >= 15 is 0 Å². The Bertz CT molecular complexity index is 1320. The molecule has 3 aromatic heterocycles. The van der Waals surface area contributed by atoms with Crippen LogP contribution in [0.5, 0.6) is 5.75 Å². The minimum absolute atomic E-state index is 0.104. The van der Waals surface area contributed by atoms with Gasteiger partial charge < -0.3 is 19.8 Å². The molecular weight excluding hydrogens is 409 g/mol. The van der Waals surface area contributed by atoms with Crippen LogP contribution in [0.4, 0.5) is 4.39 Å². The second-order valence-electron chi connectivity index (χ2n) is 7.33. The molecule has 1 atom stereocenters. The number of hydrogen-bond donors (Lipinski definition) is 3. The summed E-state index contributed by atoms with van der Waals surface area (Å²) in [5.74, 6) is 5.83. The van der Waals surface area contributed by atoms with Crippen molar-refractivity contribution < 1.29 is 9.50 Å². The quantitative estimate of drug-likeness (QED) is 0.309. The molecular formula is C24H22FN5O2. The summed E-state index contributed by atoms with van der Waals surface area (Å²) in [7, 11) is 0. The molecule has 0 saturated carbocycles. The molecule has 0 fully saturated rings. The van der Waals surface area contributed by atoms with E-state index in [1.807, 2.05) is 47.0 Å². The fourth-order valence-electron chi connectivity index (χ4n) is 3.44. The maximum atomic E-state index is 12.6. The van der Waals surface area contributed by atoms with E-state index < -0.39 is 12.2 Å². The van der Waals surface area contributed by atoms with Crippen LogP contribution in [0.15, 0.2) is 66.2 Å². The van der Waals surface area contributed by atoms with Crippen molar-refractivity contribution in [2.24, 2.45) is 0 Å². The Kier molecular flexibility index (Phi) is 6.58. The smallest absolute Gasteiger partial charge is 0.293 e. The van der Waals surface area contributed by atoms with Gasteiger partial charge in [0.15, 0.2) is 0 Å². The van der Waals surface area contributed by atoms with Gasteiger partial charge in [-0.1, -0.05) is 24.0 Å². The van der Waals surface area contributed by atoms with E-state index in [0.717, 1.165) is 22.2 Å². The number of aromatic nitrogens is 4. The number of alkyl halides is 1. The maximum absolute atomic E-state index is 12.6. The van der Waals surface area contributed by atoms with Crippen LogP contribution in [-0.2, 0) is 6.42 Å². The van der Waals surface area contributed by atoms with Crippen molar-refractivity contribution in [3.8, 4) is 17.6 Å². The van der Waals surface area contributed by atoms with Gasteiger partial charge in [0.25, 0.3) is 5.56 Å². The number of imidazole rings is 1. The van der Waals surface area contributed by atoms with E-state index in [1.165, 1.54) is 6.33 Å². The minimum atomic E-state index is -0.579. The molecule has 0 aliphatic rings. The van der Waals surface area contributed by atoms with E-state index in [-0.39, 0.29) is 18.2 Å². The summed E-state index contributed by atoms with van der Waals surface area (Å²) in [6.07, 6.45) is 7.05. The van der Waals surface area contributed by atoms with E-state index in [0.29, 0.717) is 18.7 Å². The molecule has 0 saturated heterocycles. The lowest BCUT2D eigenvalue weighted by Crippen LogP contribution is -2.25. The third-order valence-electron chi connectivity index (χ3n) is 5.15. The number of nitrogens with zero attached hydrogens (tertiary/aromatic N) is 3. The molecule has 1 unspecified atom stereocenters. The lowest BCUT2D eigenvalue weighted by atomic mass is 9.93. The summed E-state index contributed by atoms with van der Waals surface area (Å²) in [5.41, 5.74) is 3.43. The lowest BCUT2D eigenvalue weighted by molar-refractivity contribution is 0.440. The fraction of sp³-hybridized carbons (Fsp3) is 0.208. The highest BCUT2D eigenvalue weighted by atomic mass is 19.1. The Balaban J connectivity index is 1.53. The number of aromatic hydroxyl groups is 1. The molecule has 162 valence electrons. The van der Waals surface area contributed by atoms with E-state index in [1.54, 1.807) is 12.5 Å². The first-order chi connectivity index (χ1) is 15.6. The number of rotatable bonds is 7. The highest BCUT2D eigenvalue weighted by Crippen LogP contribution is 2.22. The highest BCUT2D eigenvalue weighted by molar-refractivity contribution is 5.53. The summed E-state index contributed by atoms with van der Waals surface area (Å²) in [6.45, 7) is 0.242. The first-order valence-corrected chi connectivity index (χ1v) is 10.2. The molecule has 0 amide bonds. The van der Waals surface area contributed by atoms with Crippen LogP contribution in [0.2, 0.25) is 0 Å². The van der Waals surface area contributed by atoms with Crippen LogP contribution in [0.25, 0.3) is 5.52 Å². The SMILES string of the molecule is O=c1[nH]cnc(CC(CNCCF)c2ccc(C#Cc3ccn4cncc4c3)cc2)c1O. The molecule has 32 heavy (non-hydrogen) atoms. The van der Waals surface area contributed by atoms with Crippen LogP contribution in [0, 0.1) is 11.8 Å². The average molecular weight is 431 g/mol. The highest BCUT2D eigenvalue weighted by Gasteiger charge is 2.17. The Labute approximate surface area is 184 Å². The van der Waals surface area contributed by atoms with Crippen molar-refractivity contribution in [3.63, 3.8) is 0 Å². The summed E-state index contributed by atoms with van der Waals surface area (Å²) in [6, 6.07) is 11.7. The van der Waals surface area contributed by atoms with Crippen LogP contribution in [0.1, 0.15) is 28.3 Å². The summed E-state index contributed by atoms with van der Waals surface area (Å²) < 4.78 is 14.5. The average Bonchev–Trinajstić information content (AvgIpc) is 3.28. The van der Waals surface area contributed by atoms with E-state index in [4.69, 9.17) is 0 Å². The zero-order chi connectivity index (χ0) is 22.3. The van der Waals surface area contributed by atoms with Crippen LogP contribution in [0.3, 0.4) is 0 Å². The Morgan fingerprint density at radius 2 is 2.00 bits per heavy atom. The molecule has 0 spiro atoms. The standard InChI is InChI=1S/C24H22FN5O2/c25-8-9-26-13-20(12-22-23(31)24(32)29-15-28-22)19-5-3-17(4-6-19)1-2-18-7-10-30-16-27-14-21(30)11-18/h3-7,10-11,14-16,20,26,31H,8-9,12-13H2,(H,28,29,32). The number of fused-ring (bicyclic) bond motifs is 1. The number of aromatic amines is 1. The minimum Gasteiger partial charge on any atom is -0.502 e. The topological polar surface area (TPSA) is 95.3 Å². The number of hydrogen-bond acceptors (Lipinski definition) is 5. The molecule has 0 aliphatic heterocycles. The van der Waals surface area contributed by atoms with Gasteiger partial charge in [-0.25, -0.2) is 14.4 Å². The third-order valence-corrected chi connectivity index (χ3v) is 5.15. The van der Waals surface area contributed by atoms with Gasteiger partial charge in [-0.05, 0) is 29.8 Å². The maximum Gasteiger partial charge on any atom is 0.293 e. The number of pyridine rings is 1. The summed E-state index contributed by atoms with van der Waals surface area (Å²) >= 11 is 0. The zero-order valence-electron chi connectivity index (χ0n) is 17.3. The van der Waals surface area contributed by atoms with Gasteiger partial charge in [0, 0.05) is 42.8 Å². The van der Waals surface area contributed by atoms with Crippen molar-refractivity contribution in [3.05, 3.63) is 94.2 Å². The Morgan fingerprint density at radius 3 is 2.81 bits per heavy atom. The molecule has 8 heteroatoms. The van der Waals surface area contributed by atoms with Gasteiger partial charge in [0.1, 0.15) is 6.67 Å². The molecule has 4 aromatic rings. The number of halogens is 1. The normalized spacial score (nSPS) is 11.8. The van der Waals surface area contributed by atoms with Crippen LogP contribution >= 0.6 is 0 Å². The molecule has 0 radical (unpaired) electrons. The molecule has 0 bridgehead atoms. The van der Waals surface area contributed by atoms with Crippen molar-refractivity contribution in [2.45, 2.75) is 12.3 Å². The van der Waals surface area contributed by atoms with Gasteiger partial charge in [0.05, 0.1) is 30.1 Å². The molecule has 7 nitrogen and oxygen atoms in total. The Morgan fingerprint density at radius 1 is 1.19 bits per heavy atom. The largest absolute Gasteiger partial charge is 0.502 e. The van der Waals surface area contributed by atoms with E-state index in [2.05, 4.69) is 32.1 Å². The first-order valence-electron chi connectivity index (χ1n) is 10.2. The molecule has 4 rings (SSSR count). The Hall–Kier alpha value is -3.96. The van der Waals surface area contributed by atoms with Crippen LogP contribution in [-0.4, -0.2) is 44.2 Å². The van der Waals surface area contributed by atoms with Gasteiger partial charge in [0.2, 0.25) is 5.75 Å². The van der Waals surface area contributed by atoms with E-state index in [9.17, 15) is 14.3 Å². The van der Waals surface area contributed by atoms with Gasteiger partial charge in [-0.3, -0.25) is 4.79 Å². The summed E-state index contributed by atoms with van der Waals surface area (Å²) in [5, 5.41) is 13.1. The number of benzene rings is 1. The number of nitrogens with one attached hydrogen (secondary N) is 2. The predicted octanol–water partition coefficient (Wildman–Crippen LogP) is 2.41. The van der Waals surface area contributed by atoms with Gasteiger partial charge >= 0.3 is 0 Å².